The van der Waals surface area contributed by atoms with Crippen LogP contribution in [0.1, 0.15) is 40.0 Å². The number of hydrogen-bond acceptors (Lipinski definition) is 6. The van der Waals surface area contributed by atoms with Gasteiger partial charge in [0.1, 0.15) is 0 Å². The number of carbonyl (C=O) groups excluding carboxylic acids is 2. The van der Waals surface area contributed by atoms with Crippen LogP contribution in [0.2, 0.25) is 0 Å². The van der Waals surface area contributed by atoms with Crippen LogP contribution >= 0.6 is 11.3 Å². The van der Waals surface area contributed by atoms with E-state index in [0.717, 1.165) is 27.9 Å². The van der Waals surface area contributed by atoms with Gasteiger partial charge in [-0.1, -0.05) is 36.4 Å². The largest absolute Gasteiger partial charge is 0.352 e. The van der Waals surface area contributed by atoms with Gasteiger partial charge in [0, 0.05) is 42.8 Å². The molecule has 1 aliphatic rings. The van der Waals surface area contributed by atoms with E-state index in [9.17, 15) is 9.59 Å². The van der Waals surface area contributed by atoms with Gasteiger partial charge in [-0.3, -0.25) is 14.6 Å². The quantitative estimate of drug-likeness (QED) is 0.284. The van der Waals surface area contributed by atoms with Gasteiger partial charge in [-0.2, -0.15) is 0 Å². The molecule has 1 amide bonds. The summed E-state index contributed by atoms with van der Waals surface area (Å²) in [5.74, 6) is 0.574. The zero-order valence-corrected chi connectivity index (χ0v) is 21.4. The Kier molecular flexibility index (Phi) is 8.13. The standard InChI is InChI=1S/C30H30N4O2S/c35-29(28(14-21-4-2-1-3-5-21)32-18-27-19-37-20-34-27)15-23-12-25(24-8-10-31-11-9-24)16-26(13-23)30(36)33-17-22-6-7-22/h1-5,8-13,16,19-20,22,28,32H,6-7,14-15,17-18H2,(H,33,36)/t28-/m0/s1. The minimum atomic E-state index is -0.374. The Morgan fingerprint density at radius 1 is 0.973 bits per heavy atom. The van der Waals surface area contributed by atoms with Gasteiger partial charge in [0.15, 0.2) is 5.78 Å². The number of thiazole rings is 1. The van der Waals surface area contributed by atoms with E-state index in [-0.39, 0.29) is 24.2 Å². The molecule has 0 saturated heterocycles. The Bertz CT molecular complexity index is 1320. The number of amides is 1. The highest BCUT2D eigenvalue weighted by Crippen LogP contribution is 2.28. The van der Waals surface area contributed by atoms with Gasteiger partial charge in [0.05, 0.1) is 17.2 Å². The van der Waals surface area contributed by atoms with E-state index in [1.165, 1.54) is 12.8 Å². The first-order valence-electron chi connectivity index (χ1n) is 12.6. The second-order valence-electron chi connectivity index (χ2n) is 9.55. The topological polar surface area (TPSA) is 84.0 Å². The van der Waals surface area contributed by atoms with Gasteiger partial charge in [0.2, 0.25) is 0 Å². The van der Waals surface area contributed by atoms with E-state index in [4.69, 9.17) is 0 Å². The summed E-state index contributed by atoms with van der Waals surface area (Å²) in [6.07, 6.45) is 6.63. The van der Waals surface area contributed by atoms with Crippen LogP contribution in [0.15, 0.2) is 83.9 Å². The molecule has 2 aromatic carbocycles. The van der Waals surface area contributed by atoms with Crippen molar-refractivity contribution in [3.63, 3.8) is 0 Å². The van der Waals surface area contributed by atoms with Gasteiger partial charge in [-0.05, 0) is 71.7 Å². The lowest BCUT2D eigenvalue weighted by Crippen LogP contribution is -2.39. The molecule has 4 aromatic rings. The smallest absolute Gasteiger partial charge is 0.251 e. The van der Waals surface area contributed by atoms with Crippen molar-refractivity contribution in [2.24, 2.45) is 5.92 Å². The number of Topliss-reactive ketones (excluding diaryl/α,β-unsaturated/α-hetero) is 1. The van der Waals surface area contributed by atoms with Crippen molar-refractivity contribution in [1.82, 2.24) is 20.6 Å². The van der Waals surface area contributed by atoms with E-state index in [0.29, 0.717) is 31.0 Å². The van der Waals surface area contributed by atoms with Gasteiger partial charge in [-0.15, -0.1) is 11.3 Å². The Morgan fingerprint density at radius 3 is 2.51 bits per heavy atom. The van der Waals surface area contributed by atoms with Gasteiger partial charge in [0.25, 0.3) is 5.91 Å². The maximum atomic E-state index is 13.6. The van der Waals surface area contributed by atoms with E-state index >= 15 is 0 Å². The molecular formula is C30H30N4O2S. The zero-order valence-electron chi connectivity index (χ0n) is 20.6. The fourth-order valence-electron chi connectivity index (χ4n) is 4.32. The molecule has 7 heteroatoms. The predicted molar refractivity (Wildman–Crippen MR) is 146 cm³/mol. The lowest BCUT2D eigenvalue weighted by Gasteiger charge is -2.18. The molecular weight excluding hydrogens is 480 g/mol. The molecule has 0 bridgehead atoms. The first kappa shape index (κ1) is 25.0. The molecule has 0 aliphatic heterocycles. The Hall–Kier alpha value is -3.68. The molecule has 2 aromatic heterocycles. The minimum Gasteiger partial charge on any atom is -0.352 e. The second kappa shape index (κ2) is 12.0. The van der Waals surface area contributed by atoms with Crippen LogP contribution < -0.4 is 10.6 Å². The average molecular weight is 511 g/mol. The lowest BCUT2D eigenvalue weighted by molar-refractivity contribution is -0.120. The first-order chi connectivity index (χ1) is 18.1. The number of pyridine rings is 1. The van der Waals surface area contributed by atoms with Crippen molar-refractivity contribution < 1.29 is 9.59 Å². The van der Waals surface area contributed by atoms with Gasteiger partial charge < -0.3 is 10.6 Å². The summed E-state index contributed by atoms with van der Waals surface area (Å²) in [5, 5.41) is 8.47. The monoisotopic (exact) mass is 510 g/mol. The number of rotatable bonds is 12. The molecule has 1 atom stereocenters. The van der Waals surface area contributed by atoms with Crippen molar-refractivity contribution in [3.05, 3.63) is 106 Å². The number of nitrogens with one attached hydrogen (secondary N) is 2. The molecule has 2 N–H and O–H groups in total. The Morgan fingerprint density at radius 2 is 1.78 bits per heavy atom. The SMILES string of the molecule is O=C(NCC1CC1)c1cc(CC(=O)[C@H](Cc2ccccc2)NCc2cscn2)cc(-c2ccncc2)c1. The van der Waals surface area contributed by atoms with Crippen LogP contribution in [0.4, 0.5) is 0 Å². The van der Waals surface area contributed by atoms with E-state index < -0.39 is 0 Å². The van der Waals surface area contributed by atoms with Crippen LogP contribution in [-0.4, -0.2) is 34.2 Å². The molecule has 0 spiro atoms. The molecule has 1 saturated carbocycles. The van der Waals surface area contributed by atoms with Crippen LogP contribution in [0, 0.1) is 5.92 Å². The summed E-state index contributed by atoms with van der Waals surface area (Å²) in [7, 11) is 0. The summed E-state index contributed by atoms with van der Waals surface area (Å²) in [5.41, 5.74) is 7.08. The summed E-state index contributed by atoms with van der Waals surface area (Å²) < 4.78 is 0. The first-order valence-corrected chi connectivity index (χ1v) is 13.6. The third kappa shape index (κ3) is 7.18. The average Bonchev–Trinajstić information content (AvgIpc) is 3.62. The number of ketones is 1. The van der Waals surface area contributed by atoms with Crippen molar-refractivity contribution in [2.45, 2.75) is 38.3 Å². The Labute approximate surface area is 221 Å². The molecule has 1 fully saturated rings. The minimum absolute atomic E-state index is 0.0790. The second-order valence-corrected chi connectivity index (χ2v) is 10.3. The van der Waals surface area contributed by atoms with Crippen molar-refractivity contribution in [1.29, 1.82) is 0 Å². The van der Waals surface area contributed by atoms with Crippen LogP contribution in [0.25, 0.3) is 11.1 Å². The number of nitrogens with zero attached hydrogens (tertiary/aromatic N) is 2. The highest BCUT2D eigenvalue weighted by Gasteiger charge is 2.23. The van der Waals surface area contributed by atoms with E-state index in [1.807, 2.05) is 66.0 Å². The third-order valence-corrected chi connectivity index (χ3v) is 7.21. The zero-order chi connectivity index (χ0) is 25.5. The number of carbonyl (C=O) groups is 2. The van der Waals surface area contributed by atoms with Crippen molar-refractivity contribution in [2.75, 3.05) is 6.54 Å². The lowest BCUT2D eigenvalue weighted by atomic mass is 9.94. The molecule has 1 aliphatic carbocycles. The normalized spacial score (nSPS) is 13.7. The summed E-state index contributed by atoms with van der Waals surface area (Å²) in [6, 6.07) is 19.2. The van der Waals surface area contributed by atoms with Crippen molar-refractivity contribution >= 4 is 23.0 Å². The molecule has 6 nitrogen and oxygen atoms in total. The van der Waals surface area contributed by atoms with Gasteiger partial charge >= 0.3 is 0 Å². The predicted octanol–water partition coefficient (Wildman–Crippen LogP) is 4.86. The molecule has 188 valence electrons. The van der Waals surface area contributed by atoms with Gasteiger partial charge in [-0.25, -0.2) is 4.98 Å². The van der Waals surface area contributed by atoms with E-state index in [1.54, 1.807) is 29.2 Å². The van der Waals surface area contributed by atoms with Crippen LogP contribution in [-0.2, 0) is 24.2 Å². The molecule has 0 unspecified atom stereocenters. The highest BCUT2D eigenvalue weighted by atomic mass is 32.1. The van der Waals surface area contributed by atoms with Crippen molar-refractivity contribution in [3.8, 4) is 11.1 Å². The van der Waals surface area contributed by atoms with Crippen LogP contribution in [0.3, 0.4) is 0 Å². The van der Waals surface area contributed by atoms with Crippen LogP contribution in [0.5, 0.6) is 0 Å². The molecule has 37 heavy (non-hydrogen) atoms. The highest BCUT2D eigenvalue weighted by molar-refractivity contribution is 7.07. The fourth-order valence-corrected chi connectivity index (χ4v) is 4.88. The summed E-state index contributed by atoms with van der Waals surface area (Å²) >= 11 is 1.54. The Balaban J connectivity index is 1.38. The number of benzene rings is 2. The maximum Gasteiger partial charge on any atom is 0.251 e. The number of aromatic nitrogens is 2. The number of hydrogen-bond donors (Lipinski definition) is 2. The molecule has 2 heterocycles. The molecule has 5 rings (SSSR count). The van der Waals surface area contributed by atoms with E-state index in [2.05, 4.69) is 20.6 Å². The third-order valence-electron chi connectivity index (χ3n) is 6.58. The molecule has 0 radical (unpaired) electrons. The fraction of sp³-hybridized carbons (Fsp3) is 0.267. The summed E-state index contributed by atoms with van der Waals surface area (Å²) in [6.45, 7) is 1.23. The maximum absolute atomic E-state index is 13.6. The summed E-state index contributed by atoms with van der Waals surface area (Å²) in [4.78, 5) is 35.1.